The van der Waals surface area contributed by atoms with E-state index in [0.29, 0.717) is 12.8 Å². The maximum absolute atomic E-state index is 11.7. The highest BCUT2D eigenvalue weighted by Crippen LogP contribution is 2.62. The minimum absolute atomic E-state index is 0.0583. The van der Waals surface area contributed by atoms with Crippen LogP contribution in [-0.2, 0) is 11.8 Å². The number of rotatable bonds is 2. The van der Waals surface area contributed by atoms with Crippen LogP contribution in [-0.4, -0.2) is 40.7 Å². The van der Waals surface area contributed by atoms with Crippen molar-refractivity contribution in [1.82, 2.24) is 0 Å². The zero-order valence-corrected chi connectivity index (χ0v) is 13.7. The van der Waals surface area contributed by atoms with Crippen molar-refractivity contribution in [2.75, 3.05) is 13.7 Å². The Balaban J connectivity index is 1.89. The Morgan fingerprint density at radius 3 is 2.87 bits per heavy atom. The highest BCUT2D eigenvalue weighted by Gasteiger charge is 2.64. The lowest BCUT2D eigenvalue weighted by atomic mass is 9.44. The quantitative estimate of drug-likeness (QED) is 0.777. The smallest absolute Gasteiger partial charge is 0.119 e. The van der Waals surface area contributed by atoms with Crippen molar-refractivity contribution in [3.8, 4) is 5.75 Å². The number of hydrogen-bond acceptors (Lipinski definition) is 4. The fourth-order valence-electron chi connectivity index (χ4n) is 5.70. The van der Waals surface area contributed by atoms with E-state index >= 15 is 0 Å². The Morgan fingerprint density at radius 1 is 1.30 bits per heavy atom. The van der Waals surface area contributed by atoms with E-state index in [4.69, 9.17) is 4.74 Å². The summed E-state index contributed by atoms with van der Waals surface area (Å²) in [5.41, 5.74) is 1.22. The Labute approximate surface area is 137 Å². The van der Waals surface area contributed by atoms with E-state index in [9.17, 15) is 15.3 Å². The summed E-state index contributed by atoms with van der Waals surface area (Å²) >= 11 is 0. The molecule has 0 aliphatic heterocycles. The van der Waals surface area contributed by atoms with Gasteiger partial charge in [0.1, 0.15) is 5.75 Å². The first kappa shape index (κ1) is 15.4. The molecule has 3 aliphatic carbocycles. The highest BCUT2D eigenvalue weighted by molar-refractivity contribution is 5.47. The molecule has 2 saturated carbocycles. The van der Waals surface area contributed by atoms with Gasteiger partial charge in [0.05, 0.1) is 18.8 Å². The fraction of sp³-hybridized carbons (Fsp3) is 0.684. The third kappa shape index (κ3) is 1.95. The molecule has 0 radical (unpaired) electrons. The molecule has 0 saturated heterocycles. The SMILES string of the molecule is COc1ccc2c(c1)[C@]13CCC[C@H](C2)[C@]1(O)C[C@H](CO)[C@H](O)C3. The Bertz CT molecular complexity index is 615. The second-order valence-electron chi connectivity index (χ2n) is 7.74. The molecule has 23 heavy (non-hydrogen) atoms. The molecule has 3 N–H and O–H groups in total. The number of ether oxygens (including phenoxy) is 1. The second kappa shape index (κ2) is 5.20. The molecule has 0 amide bonds. The van der Waals surface area contributed by atoms with Crippen molar-refractivity contribution in [2.24, 2.45) is 11.8 Å². The van der Waals surface area contributed by atoms with E-state index in [-0.39, 0.29) is 18.4 Å². The van der Waals surface area contributed by atoms with Crippen LogP contribution in [0.1, 0.15) is 43.2 Å². The van der Waals surface area contributed by atoms with E-state index < -0.39 is 17.1 Å². The van der Waals surface area contributed by atoms with Crippen molar-refractivity contribution < 1.29 is 20.1 Å². The van der Waals surface area contributed by atoms with Crippen molar-refractivity contribution >= 4 is 0 Å². The normalized spacial score (nSPS) is 41.8. The van der Waals surface area contributed by atoms with Gasteiger partial charge in [-0.1, -0.05) is 12.5 Å². The van der Waals surface area contributed by atoms with Gasteiger partial charge < -0.3 is 20.1 Å². The first-order chi connectivity index (χ1) is 11.0. The topological polar surface area (TPSA) is 69.9 Å². The van der Waals surface area contributed by atoms with Gasteiger partial charge in [-0.3, -0.25) is 0 Å². The van der Waals surface area contributed by atoms with Crippen molar-refractivity contribution in [3.63, 3.8) is 0 Å². The summed E-state index contributed by atoms with van der Waals surface area (Å²) in [6.07, 6.45) is 4.35. The molecule has 0 aromatic heterocycles. The average Bonchev–Trinajstić information content (AvgIpc) is 2.54. The second-order valence-corrected chi connectivity index (χ2v) is 7.74. The highest BCUT2D eigenvalue weighted by atomic mass is 16.5. The summed E-state index contributed by atoms with van der Waals surface area (Å²) in [7, 11) is 1.66. The molecule has 0 unspecified atom stereocenters. The summed E-state index contributed by atoms with van der Waals surface area (Å²) in [5.74, 6) is 0.808. The lowest BCUT2D eigenvalue weighted by Gasteiger charge is -2.63. The van der Waals surface area contributed by atoms with Gasteiger partial charge in [0.15, 0.2) is 0 Å². The minimum Gasteiger partial charge on any atom is -0.497 e. The van der Waals surface area contributed by atoms with Crippen LogP contribution in [0, 0.1) is 11.8 Å². The van der Waals surface area contributed by atoms with E-state index in [2.05, 4.69) is 12.1 Å². The van der Waals surface area contributed by atoms with Crippen LogP contribution in [0.2, 0.25) is 0 Å². The number of aliphatic hydroxyl groups is 3. The first-order valence-corrected chi connectivity index (χ1v) is 8.73. The third-order valence-corrected chi connectivity index (χ3v) is 6.87. The monoisotopic (exact) mass is 318 g/mol. The number of hydrogen-bond donors (Lipinski definition) is 3. The standard InChI is InChI=1S/C19H26O4/c1-23-15-5-4-12-7-14-3-2-6-18(16(12)8-15)10-17(21)13(11-20)9-19(14,18)22/h4-5,8,13-14,17,20-22H,2-3,6-7,9-11H2,1H3/t13-,14-,17-,18-,19-/m1/s1. The van der Waals surface area contributed by atoms with E-state index in [0.717, 1.165) is 37.0 Å². The molecule has 2 bridgehead atoms. The molecule has 4 nitrogen and oxygen atoms in total. The van der Waals surface area contributed by atoms with Gasteiger partial charge in [0.25, 0.3) is 0 Å². The first-order valence-electron chi connectivity index (χ1n) is 8.73. The Morgan fingerprint density at radius 2 is 2.13 bits per heavy atom. The summed E-state index contributed by atoms with van der Waals surface area (Å²) in [4.78, 5) is 0. The van der Waals surface area contributed by atoms with Crippen LogP contribution in [0.4, 0.5) is 0 Å². The van der Waals surface area contributed by atoms with Crippen LogP contribution in [0.25, 0.3) is 0 Å². The third-order valence-electron chi connectivity index (χ3n) is 6.87. The zero-order chi connectivity index (χ0) is 16.2. The molecule has 0 heterocycles. The summed E-state index contributed by atoms with van der Waals surface area (Å²) in [6, 6.07) is 6.18. The Hall–Kier alpha value is -1.10. The molecule has 4 heteroatoms. The average molecular weight is 318 g/mol. The van der Waals surface area contributed by atoms with Gasteiger partial charge >= 0.3 is 0 Å². The Kier molecular flexibility index (Phi) is 3.49. The van der Waals surface area contributed by atoms with E-state index in [1.807, 2.05) is 6.07 Å². The van der Waals surface area contributed by atoms with Gasteiger partial charge in [-0.05, 0) is 61.3 Å². The van der Waals surface area contributed by atoms with Crippen LogP contribution >= 0.6 is 0 Å². The molecule has 1 aromatic rings. The summed E-state index contributed by atoms with van der Waals surface area (Å²) < 4.78 is 5.41. The number of fused-ring (bicyclic) bond motifs is 1. The van der Waals surface area contributed by atoms with Crippen LogP contribution in [0.5, 0.6) is 5.75 Å². The molecule has 4 rings (SSSR count). The lowest BCUT2D eigenvalue weighted by molar-refractivity contribution is -0.187. The minimum atomic E-state index is -0.822. The number of benzene rings is 1. The van der Waals surface area contributed by atoms with Crippen LogP contribution < -0.4 is 4.74 Å². The van der Waals surface area contributed by atoms with Crippen LogP contribution in [0.15, 0.2) is 18.2 Å². The largest absolute Gasteiger partial charge is 0.497 e. The molecule has 3 aliphatic rings. The predicted octanol–water partition coefficient (Wildman–Crippen LogP) is 1.78. The molecule has 126 valence electrons. The number of aliphatic hydroxyl groups excluding tert-OH is 2. The molecule has 2 fully saturated rings. The van der Waals surface area contributed by atoms with Gasteiger partial charge in [0, 0.05) is 17.9 Å². The van der Waals surface area contributed by atoms with Crippen molar-refractivity contribution in [3.05, 3.63) is 29.3 Å². The molecule has 0 spiro atoms. The molecular formula is C19H26O4. The molecular weight excluding hydrogens is 292 g/mol. The summed E-state index contributed by atoms with van der Waals surface area (Å²) in [5, 5.41) is 31.9. The van der Waals surface area contributed by atoms with E-state index in [1.165, 1.54) is 5.56 Å². The van der Waals surface area contributed by atoms with Gasteiger partial charge in [0.2, 0.25) is 0 Å². The molecule has 1 aromatic carbocycles. The van der Waals surface area contributed by atoms with Crippen molar-refractivity contribution in [1.29, 1.82) is 0 Å². The van der Waals surface area contributed by atoms with Crippen LogP contribution in [0.3, 0.4) is 0 Å². The fourth-order valence-corrected chi connectivity index (χ4v) is 5.70. The predicted molar refractivity (Wildman–Crippen MR) is 86.5 cm³/mol. The van der Waals surface area contributed by atoms with Crippen molar-refractivity contribution in [2.45, 2.75) is 55.6 Å². The zero-order valence-electron chi connectivity index (χ0n) is 13.7. The lowest BCUT2D eigenvalue weighted by Crippen LogP contribution is -2.67. The summed E-state index contributed by atoms with van der Waals surface area (Å²) in [6.45, 7) is -0.0583. The maximum Gasteiger partial charge on any atom is 0.119 e. The number of methoxy groups -OCH3 is 1. The van der Waals surface area contributed by atoms with Gasteiger partial charge in [-0.15, -0.1) is 0 Å². The van der Waals surface area contributed by atoms with Gasteiger partial charge in [-0.2, -0.15) is 0 Å². The van der Waals surface area contributed by atoms with E-state index in [1.54, 1.807) is 7.11 Å². The molecule has 5 atom stereocenters. The van der Waals surface area contributed by atoms with Gasteiger partial charge in [-0.25, -0.2) is 0 Å². The maximum atomic E-state index is 11.7.